The van der Waals surface area contributed by atoms with Gasteiger partial charge in [-0.15, -0.1) is 0 Å². The largest absolute Gasteiger partial charge is 0.497 e. The Hall–Kier alpha value is -3.29. The van der Waals surface area contributed by atoms with Gasteiger partial charge in [0.2, 0.25) is 0 Å². The maximum Gasteiger partial charge on any atom is 0.329 e. The highest BCUT2D eigenvalue weighted by Crippen LogP contribution is 2.28. The molecule has 120 valence electrons. The molecule has 23 heavy (non-hydrogen) atoms. The van der Waals surface area contributed by atoms with Crippen LogP contribution in [0.1, 0.15) is 5.76 Å². The number of hydrogen-bond donors (Lipinski definition) is 2. The van der Waals surface area contributed by atoms with Crippen LogP contribution in [0, 0.1) is 0 Å². The molecular weight excluding hydrogens is 302 g/mol. The number of furan rings is 1. The first-order valence-electron chi connectivity index (χ1n) is 6.54. The van der Waals surface area contributed by atoms with E-state index in [0.29, 0.717) is 22.9 Å². The van der Waals surface area contributed by atoms with Crippen LogP contribution < -0.4 is 20.2 Å². The molecule has 0 spiro atoms. The lowest BCUT2D eigenvalue weighted by atomic mass is 10.2. The minimum atomic E-state index is -0.933. The molecule has 0 aliphatic carbocycles. The molecule has 0 unspecified atom stereocenters. The molecule has 0 atom stereocenters. The number of carbonyl (C=O) groups excluding carboxylic acids is 2. The van der Waals surface area contributed by atoms with Crippen LogP contribution in [0.15, 0.2) is 46.1 Å². The van der Waals surface area contributed by atoms with Crippen molar-refractivity contribution in [2.75, 3.05) is 19.5 Å². The smallest absolute Gasteiger partial charge is 0.329 e. The summed E-state index contributed by atoms with van der Waals surface area (Å²) in [6.07, 6.45) is 2.74. The Labute approximate surface area is 132 Å². The van der Waals surface area contributed by atoms with Crippen LogP contribution in [0.3, 0.4) is 0 Å². The maximum absolute atomic E-state index is 11.9. The lowest BCUT2D eigenvalue weighted by Gasteiger charge is -2.10. The van der Waals surface area contributed by atoms with Gasteiger partial charge in [-0.1, -0.05) is 0 Å². The minimum Gasteiger partial charge on any atom is -0.497 e. The average Bonchev–Trinajstić information content (AvgIpc) is 3.08. The van der Waals surface area contributed by atoms with Gasteiger partial charge in [-0.05, 0) is 24.3 Å². The second-order valence-corrected chi connectivity index (χ2v) is 4.23. The van der Waals surface area contributed by atoms with Gasteiger partial charge >= 0.3 is 11.8 Å². The summed E-state index contributed by atoms with van der Waals surface area (Å²) < 4.78 is 15.2. The van der Waals surface area contributed by atoms with Crippen LogP contribution in [-0.2, 0) is 9.59 Å². The number of ether oxygens (including phenoxy) is 2. The van der Waals surface area contributed by atoms with E-state index in [2.05, 4.69) is 15.8 Å². The minimum absolute atomic E-state index is 0.307. The molecule has 0 aliphatic rings. The fourth-order valence-electron chi connectivity index (χ4n) is 1.66. The average molecular weight is 317 g/mol. The quantitative estimate of drug-likeness (QED) is 0.493. The molecular formula is C15H15N3O5. The fraction of sp³-hybridized carbons (Fsp3) is 0.133. The number of hydrazone groups is 1. The molecule has 1 heterocycles. The first kappa shape index (κ1) is 16.1. The Morgan fingerprint density at radius 2 is 2.00 bits per heavy atom. The zero-order valence-electron chi connectivity index (χ0n) is 12.5. The monoisotopic (exact) mass is 317 g/mol. The molecule has 2 N–H and O–H groups in total. The van der Waals surface area contributed by atoms with Crippen molar-refractivity contribution in [1.82, 2.24) is 5.43 Å². The molecule has 2 amide bonds. The number of nitrogens with one attached hydrogen (secondary N) is 2. The maximum atomic E-state index is 11.9. The second-order valence-electron chi connectivity index (χ2n) is 4.23. The third-order valence-corrected chi connectivity index (χ3v) is 2.76. The number of hydrogen-bond acceptors (Lipinski definition) is 6. The Bertz CT molecular complexity index is 710. The third-order valence-electron chi connectivity index (χ3n) is 2.76. The lowest BCUT2D eigenvalue weighted by Crippen LogP contribution is -2.32. The predicted molar refractivity (Wildman–Crippen MR) is 82.6 cm³/mol. The summed E-state index contributed by atoms with van der Waals surface area (Å²) in [4.78, 5) is 23.5. The van der Waals surface area contributed by atoms with Gasteiger partial charge in [0.15, 0.2) is 0 Å². The van der Waals surface area contributed by atoms with E-state index in [9.17, 15) is 9.59 Å². The molecule has 1 aromatic carbocycles. The summed E-state index contributed by atoms with van der Waals surface area (Å²) in [6.45, 7) is 0. The normalized spacial score (nSPS) is 10.3. The van der Waals surface area contributed by atoms with Gasteiger partial charge in [0.05, 0.1) is 32.4 Å². The van der Waals surface area contributed by atoms with Crippen LogP contribution in [0.4, 0.5) is 5.69 Å². The van der Waals surface area contributed by atoms with E-state index < -0.39 is 11.8 Å². The fourth-order valence-corrected chi connectivity index (χ4v) is 1.66. The van der Waals surface area contributed by atoms with Crippen molar-refractivity contribution >= 4 is 23.7 Å². The first-order valence-corrected chi connectivity index (χ1v) is 6.54. The van der Waals surface area contributed by atoms with E-state index in [0.717, 1.165) is 0 Å². The van der Waals surface area contributed by atoms with Gasteiger partial charge in [-0.25, -0.2) is 5.43 Å². The highest BCUT2D eigenvalue weighted by atomic mass is 16.5. The van der Waals surface area contributed by atoms with E-state index in [1.165, 1.54) is 32.8 Å². The Morgan fingerprint density at radius 1 is 1.17 bits per heavy atom. The van der Waals surface area contributed by atoms with Crippen molar-refractivity contribution in [1.29, 1.82) is 0 Å². The van der Waals surface area contributed by atoms with Crippen LogP contribution in [0.25, 0.3) is 0 Å². The zero-order valence-corrected chi connectivity index (χ0v) is 12.5. The van der Waals surface area contributed by atoms with Crippen molar-refractivity contribution in [2.45, 2.75) is 0 Å². The van der Waals surface area contributed by atoms with Crippen LogP contribution in [0.2, 0.25) is 0 Å². The van der Waals surface area contributed by atoms with Crippen molar-refractivity contribution in [3.63, 3.8) is 0 Å². The number of nitrogens with zero attached hydrogens (tertiary/aromatic N) is 1. The molecule has 0 radical (unpaired) electrons. The SMILES string of the molecule is COc1ccc(OC)c(NC(=O)C(=O)N/N=C\c2ccco2)c1. The molecule has 0 aliphatic heterocycles. The molecule has 0 bridgehead atoms. The Kier molecular flexibility index (Phi) is 5.35. The molecule has 8 heteroatoms. The van der Waals surface area contributed by atoms with E-state index in [-0.39, 0.29) is 0 Å². The number of amides is 2. The summed E-state index contributed by atoms with van der Waals surface area (Å²) in [7, 11) is 2.94. The van der Waals surface area contributed by atoms with Crippen molar-refractivity contribution in [2.24, 2.45) is 5.10 Å². The number of benzene rings is 1. The van der Waals surface area contributed by atoms with E-state index in [1.54, 1.807) is 24.3 Å². The molecule has 0 fully saturated rings. The number of methoxy groups -OCH3 is 2. The van der Waals surface area contributed by atoms with Gasteiger partial charge in [-0.2, -0.15) is 5.10 Å². The zero-order chi connectivity index (χ0) is 16.7. The van der Waals surface area contributed by atoms with Crippen LogP contribution in [-0.4, -0.2) is 32.2 Å². The number of rotatable bonds is 5. The van der Waals surface area contributed by atoms with Gasteiger partial charge in [0, 0.05) is 6.07 Å². The van der Waals surface area contributed by atoms with Gasteiger partial charge in [-0.3, -0.25) is 9.59 Å². The van der Waals surface area contributed by atoms with Gasteiger partial charge in [0.1, 0.15) is 17.3 Å². The van der Waals surface area contributed by atoms with Gasteiger partial charge in [0.25, 0.3) is 0 Å². The third kappa shape index (κ3) is 4.34. The number of anilines is 1. The first-order chi connectivity index (χ1) is 11.1. The van der Waals surface area contributed by atoms with Crippen molar-refractivity contribution in [3.8, 4) is 11.5 Å². The topological polar surface area (TPSA) is 102 Å². The van der Waals surface area contributed by atoms with Crippen LogP contribution in [0.5, 0.6) is 11.5 Å². The summed E-state index contributed by atoms with van der Waals surface area (Å²) in [6, 6.07) is 8.14. The van der Waals surface area contributed by atoms with E-state index >= 15 is 0 Å². The summed E-state index contributed by atoms with van der Waals surface area (Å²) in [5.74, 6) is -0.477. The highest BCUT2D eigenvalue weighted by molar-refractivity contribution is 6.39. The summed E-state index contributed by atoms with van der Waals surface area (Å²) in [5, 5.41) is 6.04. The molecule has 2 aromatic rings. The van der Waals surface area contributed by atoms with Crippen molar-refractivity contribution in [3.05, 3.63) is 42.4 Å². The summed E-state index contributed by atoms with van der Waals surface area (Å²) >= 11 is 0. The second kappa shape index (κ2) is 7.64. The Balaban J connectivity index is 1.99. The van der Waals surface area contributed by atoms with E-state index in [1.807, 2.05) is 0 Å². The molecule has 1 aromatic heterocycles. The lowest BCUT2D eigenvalue weighted by molar-refractivity contribution is -0.136. The summed E-state index contributed by atoms with van der Waals surface area (Å²) in [5.41, 5.74) is 2.40. The molecule has 2 rings (SSSR count). The highest BCUT2D eigenvalue weighted by Gasteiger charge is 2.16. The molecule has 0 saturated heterocycles. The van der Waals surface area contributed by atoms with E-state index in [4.69, 9.17) is 13.9 Å². The van der Waals surface area contributed by atoms with Crippen molar-refractivity contribution < 1.29 is 23.5 Å². The predicted octanol–water partition coefficient (Wildman–Crippen LogP) is 1.39. The standard InChI is InChI=1S/C15H15N3O5/c1-21-10-5-6-13(22-2)12(8-10)17-14(19)15(20)18-16-9-11-4-3-7-23-11/h3-9H,1-2H3,(H,17,19)(H,18,20)/b16-9-. The van der Waals surface area contributed by atoms with Crippen LogP contribution >= 0.6 is 0 Å². The Morgan fingerprint density at radius 3 is 2.65 bits per heavy atom. The number of carbonyl (C=O) groups is 2. The molecule has 8 nitrogen and oxygen atoms in total. The molecule has 0 saturated carbocycles. The van der Waals surface area contributed by atoms with Gasteiger partial charge < -0.3 is 19.2 Å².